The summed E-state index contributed by atoms with van der Waals surface area (Å²) in [6, 6.07) is 20.4. The lowest BCUT2D eigenvalue weighted by Gasteiger charge is -2.14. The Morgan fingerprint density at radius 1 is 1.02 bits per heavy atom. The molecule has 3 aromatic carbocycles. The molecule has 8 nitrogen and oxygen atoms in total. The molecule has 41 heavy (non-hydrogen) atoms. The molecule has 0 saturated carbocycles. The van der Waals surface area contributed by atoms with E-state index in [1.165, 1.54) is 5.56 Å². The van der Waals surface area contributed by atoms with Crippen LogP contribution >= 0.6 is 15.9 Å². The molecule has 2 heterocycles. The van der Waals surface area contributed by atoms with Crippen molar-refractivity contribution in [2.45, 2.75) is 32.6 Å². The highest BCUT2D eigenvalue weighted by Crippen LogP contribution is 2.24. The number of hydrogen-bond donors (Lipinski definition) is 3. The number of benzene rings is 3. The molecule has 2 aromatic heterocycles. The summed E-state index contributed by atoms with van der Waals surface area (Å²) in [6.07, 6.45) is 5.92. The van der Waals surface area contributed by atoms with Crippen molar-refractivity contribution < 1.29 is 9.84 Å². The summed E-state index contributed by atoms with van der Waals surface area (Å²) in [7, 11) is 1.57. The molecule has 0 amide bonds. The smallest absolute Gasteiger partial charge is 0.335 e. The number of H-pyrrole nitrogens is 2. The molecule has 9 heteroatoms. The van der Waals surface area contributed by atoms with E-state index < -0.39 is 17.1 Å². The minimum atomic E-state index is -0.745. The summed E-state index contributed by atoms with van der Waals surface area (Å²) in [5, 5.41) is 12.5. The highest BCUT2D eigenvalue weighted by atomic mass is 79.9. The average molecular weight is 616 g/mol. The van der Waals surface area contributed by atoms with Gasteiger partial charge < -0.3 is 14.8 Å². The summed E-state index contributed by atoms with van der Waals surface area (Å²) in [5.74, 6) is 0.159. The van der Waals surface area contributed by atoms with Crippen molar-refractivity contribution in [2.75, 3.05) is 13.7 Å². The zero-order chi connectivity index (χ0) is 28.9. The normalized spacial score (nSPS) is 11.7. The third-order valence-electron chi connectivity index (χ3n) is 7.07. The second-order valence-electron chi connectivity index (χ2n) is 9.78. The maximum atomic E-state index is 13.2. The van der Waals surface area contributed by atoms with E-state index in [4.69, 9.17) is 9.73 Å². The Morgan fingerprint density at radius 2 is 1.78 bits per heavy atom. The zero-order valence-corrected chi connectivity index (χ0v) is 24.5. The van der Waals surface area contributed by atoms with Gasteiger partial charge in [0, 0.05) is 33.7 Å². The number of hydrogen-bond acceptors (Lipinski definition) is 5. The van der Waals surface area contributed by atoms with E-state index in [0.717, 1.165) is 44.8 Å². The highest BCUT2D eigenvalue weighted by molar-refractivity contribution is 9.10. The monoisotopic (exact) mass is 614 g/mol. The minimum absolute atomic E-state index is 0.0848. The molecule has 0 aliphatic carbocycles. The van der Waals surface area contributed by atoms with E-state index in [1.807, 2.05) is 6.20 Å². The lowest BCUT2D eigenvalue weighted by atomic mass is 10.0. The van der Waals surface area contributed by atoms with E-state index >= 15 is 0 Å². The topological polar surface area (TPSA) is 112 Å². The molecule has 0 atom stereocenters. The van der Waals surface area contributed by atoms with Gasteiger partial charge in [0.05, 0.1) is 18.5 Å². The number of unbranched alkanes of at least 4 members (excludes halogenated alkanes) is 1. The molecule has 0 saturated heterocycles. The van der Waals surface area contributed by atoms with Gasteiger partial charge in [-0.15, -0.1) is 0 Å². The third kappa shape index (κ3) is 6.05. The number of halogens is 1. The van der Waals surface area contributed by atoms with E-state index in [1.54, 1.807) is 55.6 Å². The number of nitrogens with one attached hydrogen (secondary N) is 2. The number of aromatic amines is 2. The van der Waals surface area contributed by atoms with Crippen LogP contribution in [0.2, 0.25) is 0 Å². The first-order chi connectivity index (χ1) is 19.9. The standard InChI is InChI=1S/C32H31BrN4O4/c1-3-4-5-20-6-15-27-26(18-20)22(19-35-27)16-17-34-29(21-7-13-25(41-2)14-8-21)28-30(38)36-32(40)37(31(28)39)24-11-9-23(33)10-12-24/h6-15,18-19,35,39H,3-5,16-17H2,1-2H3,(H,36,38,40). The van der Waals surface area contributed by atoms with Crippen molar-refractivity contribution in [3.63, 3.8) is 0 Å². The molecule has 0 spiro atoms. The molecule has 0 unspecified atom stereocenters. The molecule has 0 fully saturated rings. The molecule has 0 aliphatic rings. The van der Waals surface area contributed by atoms with Gasteiger partial charge in [-0.1, -0.05) is 35.3 Å². The minimum Gasteiger partial charge on any atom is -0.497 e. The van der Waals surface area contributed by atoms with Gasteiger partial charge in [-0.05, 0) is 91.1 Å². The molecule has 5 aromatic rings. The van der Waals surface area contributed by atoms with Crippen LogP contribution in [0.3, 0.4) is 0 Å². The Morgan fingerprint density at radius 3 is 2.49 bits per heavy atom. The molecular weight excluding hydrogens is 584 g/mol. The van der Waals surface area contributed by atoms with Crippen molar-refractivity contribution in [3.05, 3.63) is 120 Å². The SMILES string of the molecule is CCCCc1ccc2[nH]cc(CCN=C(c3ccc(OC)cc3)c3c(O)n(-c4ccc(Br)cc4)c(=O)[nH]c3=O)c2c1. The molecule has 0 radical (unpaired) electrons. The van der Waals surface area contributed by atoms with Crippen LogP contribution in [-0.2, 0) is 12.8 Å². The average Bonchev–Trinajstić information content (AvgIpc) is 3.38. The quantitative estimate of drug-likeness (QED) is 0.170. The fourth-order valence-electron chi connectivity index (χ4n) is 4.89. The predicted octanol–water partition coefficient (Wildman–Crippen LogP) is 5.91. The number of nitrogens with zero attached hydrogens (tertiary/aromatic N) is 2. The van der Waals surface area contributed by atoms with Gasteiger partial charge in [-0.25, -0.2) is 9.36 Å². The Balaban J connectivity index is 1.57. The van der Waals surface area contributed by atoms with Gasteiger partial charge in [0.25, 0.3) is 5.56 Å². The second-order valence-corrected chi connectivity index (χ2v) is 10.7. The summed E-state index contributed by atoms with van der Waals surface area (Å²) in [6.45, 7) is 2.54. The van der Waals surface area contributed by atoms with Gasteiger partial charge in [0.1, 0.15) is 11.3 Å². The zero-order valence-electron chi connectivity index (χ0n) is 22.9. The fraction of sp³-hybridized carbons (Fsp3) is 0.219. The van der Waals surface area contributed by atoms with Crippen molar-refractivity contribution in [2.24, 2.45) is 4.99 Å². The van der Waals surface area contributed by atoms with Gasteiger partial charge in [-0.2, -0.15) is 0 Å². The van der Waals surface area contributed by atoms with Crippen LogP contribution in [0, 0.1) is 0 Å². The lowest BCUT2D eigenvalue weighted by molar-refractivity contribution is 0.415. The van der Waals surface area contributed by atoms with E-state index in [0.29, 0.717) is 30.0 Å². The first kappa shape index (κ1) is 28.2. The summed E-state index contributed by atoms with van der Waals surface area (Å²) >= 11 is 3.38. The largest absolute Gasteiger partial charge is 0.497 e. The van der Waals surface area contributed by atoms with Crippen LogP contribution in [0.15, 0.2) is 92.0 Å². The van der Waals surface area contributed by atoms with E-state index in [9.17, 15) is 14.7 Å². The van der Waals surface area contributed by atoms with E-state index in [2.05, 4.69) is 51.0 Å². The second kappa shape index (κ2) is 12.4. The third-order valence-corrected chi connectivity index (χ3v) is 7.60. The number of aromatic nitrogens is 3. The molecule has 0 bridgehead atoms. The number of methoxy groups -OCH3 is 1. The lowest BCUT2D eigenvalue weighted by Crippen LogP contribution is -2.33. The number of ether oxygens (including phenoxy) is 1. The Hall–Kier alpha value is -4.37. The fourth-order valence-corrected chi connectivity index (χ4v) is 5.15. The maximum absolute atomic E-state index is 13.2. The van der Waals surface area contributed by atoms with Crippen molar-refractivity contribution in [1.82, 2.24) is 14.5 Å². The maximum Gasteiger partial charge on any atom is 0.335 e. The first-order valence-electron chi connectivity index (χ1n) is 13.5. The van der Waals surface area contributed by atoms with Crippen LogP contribution in [0.25, 0.3) is 16.6 Å². The number of aromatic hydroxyl groups is 1. The predicted molar refractivity (Wildman–Crippen MR) is 166 cm³/mol. The van der Waals surface area contributed by atoms with Crippen LogP contribution < -0.4 is 16.0 Å². The van der Waals surface area contributed by atoms with Crippen LogP contribution in [0.4, 0.5) is 0 Å². The number of fused-ring (bicyclic) bond motifs is 1. The Kier molecular flexibility index (Phi) is 8.54. The molecule has 210 valence electrons. The van der Waals surface area contributed by atoms with Crippen LogP contribution in [-0.4, -0.2) is 39.0 Å². The van der Waals surface area contributed by atoms with Crippen LogP contribution in [0.5, 0.6) is 11.6 Å². The van der Waals surface area contributed by atoms with Crippen molar-refractivity contribution in [3.8, 4) is 17.3 Å². The number of aryl methyl sites for hydroxylation is 1. The molecule has 0 aliphatic heterocycles. The number of aliphatic imine (C=N–C) groups is 1. The van der Waals surface area contributed by atoms with Crippen LogP contribution in [0.1, 0.15) is 42.0 Å². The van der Waals surface area contributed by atoms with Gasteiger partial charge in [0.15, 0.2) is 0 Å². The Labute approximate surface area is 245 Å². The summed E-state index contributed by atoms with van der Waals surface area (Å²) in [5.41, 5.74) is 3.22. The van der Waals surface area contributed by atoms with Gasteiger partial charge in [0.2, 0.25) is 5.88 Å². The number of rotatable bonds is 10. The highest BCUT2D eigenvalue weighted by Gasteiger charge is 2.22. The van der Waals surface area contributed by atoms with E-state index in [-0.39, 0.29) is 11.3 Å². The molecule has 3 N–H and O–H groups in total. The van der Waals surface area contributed by atoms with Gasteiger partial charge >= 0.3 is 5.69 Å². The summed E-state index contributed by atoms with van der Waals surface area (Å²) < 4.78 is 7.18. The molecular formula is C32H31BrN4O4. The summed E-state index contributed by atoms with van der Waals surface area (Å²) in [4.78, 5) is 36.5. The van der Waals surface area contributed by atoms with Crippen molar-refractivity contribution in [1.29, 1.82) is 0 Å². The van der Waals surface area contributed by atoms with Crippen molar-refractivity contribution >= 4 is 32.5 Å². The van der Waals surface area contributed by atoms with Gasteiger partial charge in [-0.3, -0.25) is 14.8 Å². The Bertz CT molecular complexity index is 1820. The molecule has 5 rings (SSSR count). The first-order valence-corrected chi connectivity index (χ1v) is 14.3.